The second-order valence-electron chi connectivity index (χ2n) is 3.97. The number of hydrogen-bond acceptors (Lipinski definition) is 2. The van der Waals surface area contributed by atoms with Crippen LogP contribution in [0, 0.1) is 0 Å². The van der Waals surface area contributed by atoms with E-state index in [0.29, 0.717) is 19.5 Å². The molecular formula is C11H18FNO2. The Labute approximate surface area is 89.6 Å². The third kappa shape index (κ3) is 3.29. The average molecular weight is 215 g/mol. The number of carbonyl (C=O) groups is 2. The second kappa shape index (κ2) is 5.83. The van der Waals surface area contributed by atoms with Crippen LogP contribution in [0.15, 0.2) is 0 Å². The van der Waals surface area contributed by atoms with E-state index in [4.69, 9.17) is 0 Å². The lowest BCUT2D eigenvalue weighted by molar-refractivity contribution is -0.147. The maximum absolute atomic E-state index is 13.2. The fourth-order valence-corrected chi connectivity index (χ4v) is 1.77. The first-order valence-corrected chi connectivity index (χ1v) is 5.64. The highest BCUT2D eigenvalue weighted by Gasteiger charge is 2.29. The van der Waals surface area contributed by atoms with Gasteiger partial charge in [0.15, 0.2) is 6.17 Å². The quantitative estimate of drug-likeness (QED) is 0.669. The molecule has 0 aromatic rings. The van der Waals surface area contributed by atoms with Crippen LogP contribution in [0.2, 0.25) is 0 Å². The summed E-state index contributed by atoms with van der Waals surface area (Å²) in [7, 11) is 0. The van der Waals surface area contributed by atoms with Crippen LogP contribution in [0.1, 0.15) is 39.0 Å². The van der Waals surface area contributed by atoms with Crippen molar-refractivity contribution in [3.63, 3.8) is 0 Å². The van der Waals surface area contributed by atoms with Gasteiger partial charge in [0, 0.05) is 13.1 Å². The van der Waals surface area contributed by atoms with E-state index in [1.54, 1.807) is 6.92 Å². The SMILES string of the molecule is CCCC(F)C(=O)C(=O)N1CCCCC1. The van der Waals surface area contributed by atoms with Gasteiger partial charge < -0.3 is 4.90 Å². The standard InChI is InChI=1S/C11H18FNO2/c1-2-6-9(12)10(14)11(15)13-7-4-3-5-8-13/h9H,2-8H2,1H3. The van der Waals surface area contributed by atoms with E-state index < -0.39 is 17.9 Å². The Morgan fingerprint density at radius 1 is 1.27 bits per heavy atom. The molecule has 86 valence electrons. The topological polar surface area (TPSA) is 37.4 Å². The molecule has 1 aliphatic heterocycles. The third-order valence-corrected chi connectivity index (χ3v) is 2.68. The summed E-state index contributed by atoms with van der Waals surface area (Å²) in [6, 6.07) is 0. The third-order valence-electron chi connectivity index (χ3n) is 2.68. The Balaban J connectivity index is 2.47. The molecule has 0 aliphatic carbocycles. The van der Waals surface area contributed by atoms with Crippen molar-refractivity contribution in [3.8, 4) is 0 Å². The molecule has 1 rings (SSSR count). The Morgan fingerprint density at radius 3 is 2.40 bits per heavy atom. The Hall–Kier alpha value is -0.930. The summed E-state index contributed by atoms with van der Waals surface area (Å²) in [5, 5.41) is 0. The van der Waals surface area contributed by atoms with Gasteiger partial charge in [-0.3, -0.25) is 9.59 Å². The van der Waals surface area contributed by atoms with Crippen LogP contribution in [0.4, 0.5) is 4.39 Å². The van der Waals surface area contributed by atoms with Crippen molar-refractivity contribution in [2.24, 2.45) is 0 Å². The number of likely N-dealkylation sites (tertiary alicyclic amines) is 1. The van der Waals surface area contributed by atoms with E-state index >= 15 is 0 Å². The number of Topliss-reactive ketones (excluding diaryl/α,β-unsaturated/α-hetero) is 1. The maximum Gasteiger partial charge on any atom is 0.293 e. The van der Waals surface area contributed by atoms with Crippen molar-refractivity contribution in [3.05, 3.63) is 0 Å². The largest absolute Gasteiger partial charge is 0.336 e. The van der Waals surface area contributed by atoms with Crippen LogP contribution in [-0.2, 0) is 9.59 Å². The van der Waals surface area contributed by atoms with Crippen molar-refractivity contribution in [2.75, 3.05) is 13.1 Å². The van der Waals surface area contributed by atoms with Crippen LogP contribution < -0.4 is 0 Å². The van der Waals surface area contributed by atoms with Crippen LogP contribution in [0.25, 0.3) is 0 Å². The number of rotatable bonds is 4. The molecule has 1 fully saturated rings. The summed E-state index contributed by atoms with van der Waals surface area (Å²) >= 11 is 0. The van der Waals surface area contributed by atoms with Gasteiger partial charge >= 0.3 is 0 Å². The lowest BCUT2D eigenvalue weighted by Crippen LogP contribution is -2.43. The summed E-state index contributed by atoms with van der Waals surface area (Å²) in [5.74, 6) is -1.49. The normalized spacial score (nSPS) is 18.7. The van der Waals surface area contributed by atoms with Gasteiger partial charge in [-0.15, -0.1) is 0 Å². The number of halogens is 1. The van der Waals surface area contributed by atoms with Crippen molar-refractivity contribution in [1.29, 1.82) is 0 Å². The lowest BCUT2D eigenvalue weighted by Gasteiger charge is -2.26. The van der Waals surface area contributed by atoms with Gasteiger partial charge in [0.2, 0.25) is 0 Å². The first-order valence-electron chi connectivity index (χ1n) is 5.64. The van der Waals surface area contributed by atoms with Crippen molar-refractivity contribution >= 4 is 11.7 Å². The molecule has 0 N–H and O–H groups in total. The molecule has 0 aromatic carbocycles. The van der Waals surface area contributed by atoms with Gasteiger partial charge in [-0.05, 0) is 25.7 Å². The zero-order valence-corrected chi connectivity index (χ0v) is 9.17. The zero-order valence-electron chi connectivity index (χ0n) is 9.17. The molecule has 0 bridgehead atoms. The van der Waals surface area contributed by atoms with Crippen molar-refractivity contribution in [2.45, 2.75) is 45.2 Å². The van der Waals surface area contributed by atoms with Crippen LogP contribution >= 0.6 is 0 Å². The van der Waals surface area contributed by atoms with E-state index in [0.717, 1.165) is 19.3 Å². The summed E-state index contributed by atoms with van der Waals surface area (Å²) < 4.78 is 13.2. The number of alkyl halides is 1. The van der Waals surface area contributed by atoms with Crippen LogP contribution in [-0.4, -0.2) is 35.9 Å². The minimum absolute atomic E-state index is 0.151. The lowest BCUT2D eigenvalue weighted by atomic mass is 10.1. The van der Waals surface area contributed by atoms with Gasteiger partial charge in [0.25, 0.3) is 11.7 Å². The molecule has 0 radical (unpaired) electrons. The first-order chi connectivity index (χ1) is 7.16. The number of ketones is 1. The smallest absolute Gasteiger partial charge is 0.293 e. The molecule has 1 saturated heterocycles. The van der Waals surface area contributed by atoms with E-state index in [1.807, 2.05) is 0 Å². The van der Waals surface area contributed by atoms with Crippen LogP contribution in [0.3, 0.4) is 0 Å². The molecule has 4 heteroatoms. The molecule has 1 aliphatic rings. The molecule has 1 amide bonds. The number of piperidine rings is 1. The number of hydrogen-bond donors (Lipinski definition) is 0. The van der Waals surface area contributed by atoms with Crippen molar-refractivity contribution < 1.29 is 14.0 Å². The Bertz CT molecular complexity index is 237. The highest BCUT2D eigenvalue weighted by atomic mass is 19.1. The molecule has 0 spiro atoms. The molecule has 1 unspecified atom stereocenters. The highest BCUT2D eigenvalue weighted by Crippen LogP contribution is 2.11. The van der Waals surface area contributed by atoms with E-state index in [1.165, 1.54) is 4.90 Å². The molecular weight excluding hydrogens is 197 g/mol. The van der Waals surface area contributed by atoms with Gasteiger partial charge in [-0.25, -0.2) is 4.39 Å². The fourth-order valence-electron chi connectivity index (χ4n) is 1.77. The molecule has 15 heavy (non-hydrogen) atoms. The van der Waals surface area contributed by atoms with E-state index in [-0.39, 0.29) is 6.42 Å². The summed E-state index contributed by atoms with van der Waals surface area (Å²) in [6.07, 6.45) is 2.06. The van der Waals surface area contributed by atoms with Gasteiger partial charge in [-0.2, -0.15) is 0 Å². The summed E-state index contributed by atoms with van der Waals surface area (Å²) in [6.45, 7) is 3.00. The molecule has 1 atom stereocenters. The van der Waals surface area contributed by atoms with Gasteiger partial charge in [-0.1, -0.05) is 13.3 Å². The number of amides is 1. The highest BCUT2D eigenvalue weighted by molar-refractivity contribution is 6.37. The molecule has 3 nitrogen and oxygen atoms in total. The minimum atomic E-state index is -1.61. The predicted molar refractivity (Wildman–Crippen MR) is 55.2 cm³/mol. The van der Waals surface area contributed by atoms with Gasteiger partial charge in [0.1, 0.15) is 0 Å². The minimum Gasteiger partial charge on any atom is -0.336 e. The Kier molecular flexibility index (Phi) is 4.72. The fraction of sp³-hybridized carbons (Fsp3) is 0.818. The van der Waals surface area contributed by atoms with E-state index in [2.05, 4.69) is 0 Å². The van der Waals surface area contributed by atoms with E-state index in [9.17, 15) is 14.0 Å². The zero-order chi connectivity index (χ0) is 11.3. The monoisotopic (exact) mass is 215 g/mol. The molecule has 0 saturated carbocycles. The maximum atomic E-state index is 13.2. The van der Waals surface area contributed by atoms with Crippen molar-refractivity contribution in [1.82, 2.24) is 4.90 Å². The first kappa shape index (κ1) is 12.1. The number of carbonyl (C=O) groups excluding carboxylic acids is 2. The van der Waals surface area contributed by atoms with Crippen LogP contribution in [0.5, 0.6) is 0 Å². The summed E-state index contributed by atoms with van der Waals surface area (Å²) in [4.78, 5) is 24.4. The molecule has 0 aromatic heterocycles. The number of nitrogens with zero attached hydrogens (tertiary/aromatic N) is 1. The average Bonchev–Trinajstić information content (AvgIpc) is 2.28. The molecule has 1 heterocycles. The van der Waals surface area contributed by atoms with Gasteiger partial charge in [0.05, 0.1) is 0 Å². The second-order valence-corrected chi connectivity index (χ2v) is 3.97. The predicted octanol–water partition coefficient (Wildman–Crippen LogP) is 1.71. The summed E-state index contributed by atoms with van der Waals surface area (Å²) in [5.41, 5.74) is 0. The Morgan fingerprint density at radius 2 is 1.87 bits per heavy atom.